The zero-order chi connectivity index (χ0) is 13.2. The van der Waals surface area contributed by atoms with Crippen molar-refractivity contribution in [3.8, 4) is 5.75 Å². The molecule has 0 aromatic heterocycles. The Balaban J connectivity index is 2.12. The third-order valence-electron chi connectivity index (χ3n) is 2.50. The summed E-state index contributed by atoms with van der Waals surface area (Å²) < 4.78 is 0. The molecule has 0 saturated heterocycles. The monoisotopic (exact) mass is 251 g/mol. The Hall–Kier alpha value is -1.59. The first-order valence-electron chi connectivity index (χ1n) is 6.22. The lowest BCUT2D eigenvalue weighted by Gasteiger charge is -2.06. The van der Waals surface area contributed by atoms with Crippen molar-refractivity contribution >= 4 is 5.91 Å². The molecule has 1 aromatic rings. The van der Waals surface area contributed by atoms with Crippen molar-refractivity contribution in [1.29, 1.82) is 0 Å². The minimum Gasteiger partial charge on any atom is -0.508 e. The molecule has 0 heterocycles. The predicted octanol–water partition coefficient (Wildman–Crippen LogP) is 0.451. The van der Waals surface area contributed by atoms with Crippen LogP contribution in [0, 0.1) is 0 Å². The molecule has 1 aromatic carbocycles. The first-order valence-corrected chi connectivity index (χ1v) is 6.22. The van der Waals surface area contributed by atoms with Gasteiger partial charge in [-0.05, 0) is 56.7 Å². The standard InChI is InChI=1S/C13H21N3O2/c14-7-1-8-15-9-2-10-16-13(18)11-3-5-12(17)6-4-11/h3-6,15,17H,1-2,7-10,14H2,(H,16,18). The fourth-order valence-corrected chi connectivity index (χ4v) is 1.48. The molecular weight excluding hydrogens is 230 g/mol. The van der Waals surface area contributed by atoms with E-state index in [9.17, 15) is 4.79 Å². The summed E-state index contributed by atoms with van der Waals surface area (Å²) >= 11 is 0. The maximum atomic E-state index is 11.7. The highest BCUT2D eigenvalue weighted by Gasteiger charge is 2.03. The number of benzene rings is 1. The normalized spacial score (nSPS) is 10.3. The van der Waals surface area contributed by atoms with Crippen LogP contribution in [0.3, 0.4) is 0 Å². The van der Waals surface area contributed by atoms with Gasteiger partial charge in [0.25, 0.3) is 5.91 Å². The molecule has 0 unspecified atom stereocenters. The predicted molar refractivity (Wildman–Crippen MR) is 71.6 cm³/mol. The van der Waals surface area contributed by atoms with Crippen LogP contribution in [0.4, 0.5) is 0 Å². The number of phenolic OH excluding ortho intramolecular Hbond substituents is 1. The van der Waals surface area contributed by atoms with E-state index in [0.29, 0.717) is 18.7 Å². The number of amides is 1. The number of aromatic hydroxyl groups is 1. The van der Waals surface area contributed by atoms with Crippen molar-refractivity contribution in [3.05, 3.63) is 29.8 Å². The summed E-state index contributed by atoms with van der Waals surface area (Å²) in [6.07, 6.45) is 1.86. The average Bonchev–Trinajstić information content (AvgIpc) is 2.38. The van der Waals surface area contributed by atoms with Crippen molar-refractivity contribution in [1.82, 2.24) is 10.6 Å². The maximum Gasteiger partial charge on any atom is 0.251 e. The van der Waals surface area contributed by atoms with Crippen LogP contribution in [0.1, 0.15) is 23.2 Å². The lowest BCUT2D eigenvalue weighted by molar-refractivity contribution is 0.0953. The van der Waals surface area contributed by atoms with Gasteiger partial charge in [0.15, 0.2) is 0 Å². The van der Waals surface area contributed by atoms with Crippen LogP contribution in [0.2, 0.25) is 0 Å². The molecule has 5 N–H and O–H groups in total. The molecule has 0 atom stereocenters. The van der Waals surface area contributed by atoms with E-state index in [0.717, 1.165) is 25.9 Å². The molecule has 0 aliphatic rings. The van der Waals surface area contributed by atoms with E-state index < -0.39 is 0 Å². The number of carbonyl (C=O) groups is 1. The summed E-state index contributed by atoms with van der Waals surface area (Å²) in [5.74, 6) is 0.0487. The van der Waals surface area contributed by atoms with E-state index in [1.54, 1.807) is 12.1 Å². The minimum atomic E-state index is -0.114. The van der Waals surface area contributed by atoms with Gasteiger partial charge < -0.3 is 21.5 Å². The van der Waals surface area contributed by atoms with Gasteiger partial charge in [0.1, 0.15) is 5.75 Å². The summed E-state index contributed by atoms with van der Waals surface area (Å²) in [6.45, 7) is 3.12. The Morgan fingerprint density at radius 2 is 1.78 bits per heavy atom. The fraction of sp³-hybridized carbons (Fsp3) is 0.462. The fourth-order valence-electron chi connectivity index (χ4n) is 1.48. The molecule has 0 bridgehead atoms. The Kier molecular flexibility index (Phi) is 6.83. The molecular formula is C13H21N3O2. The molecule has 0 fully saturated rings. The Labute approximate surface area is 107 Å². The summed E-state index contributed by atoms with van der Waals surface area (Å²) in [5.41, 5.74) is 5.93. The molecule has 5 heteroatoms. The lowest BCUT2D eigenvalue weighted by Crippen LogP contribution is -2.28. The second kappa shape index (κ2) is 8.49. The summed E-state index contributed by atoms with van der Waals surface area (Å²) in [5, 5.41) is 15.2. The second-order valence-corrected chi connectivity index (χ2v) is 4.05. The molecule has 5 nitrogen and oxygen atoms in total. The number of phenols is 1. The van der Waals surface area contributed by atoms with E-state index in [-0.39, 0.29) is 11.7 Å². The smallest absolute Gasteiger partial charge is 0.251 e. The first-order chi connectivity index (χ1) is 8.74. The van der Waals surface area contributed by atoms with Gasteiger partial charge in [0, 0.05) is 12.1 Å². The Morgan fingerprint density at radius 1 is 1.11 bits per heavy atom. The Morgan fingerprint density at radius 3 is 2.44 bits per heavy atom. The zero-order valence-electron chi connectivity index (χ0n) is 10.5. The SMILES string of the molecule is NCCCNCCCNC(=O)c1ccc(O)cc1. The maximum absolute atomic E-state index is 11.7. The summed E-state index contributed by atoms with van der Waals surface area (Å²) in [4.78, 5) is 11.7. The third-order valence-corrected chi connectivity index (χ3v) is 2.50. The zero-order valence-corrected chi connectivity index (χ0v) is 10.5. The number of nitrogens with two attached hydrogens (primary N) is 1. The van der Waals surface area contributed by atoms with Gasteiger partial charge in [0.05, 0.1) is 0 Å². The highest BCUT2D eigenvalue weighted by atomic mass is 16.3. The number of hydrogen-bond donors (Lipinski definition) is 4. The number of carbonyl (C=O) groups excluding carboxylic acids is 1. The topological polar surface area (TPSA) is 87.4 Å². The van der Waals surface area contributed by atoms with Gasteiger partial charge in [0.2, 0.25) is 0 Å². The highest BCUT2D eigenvalue weighted by Crippen LogP contribution is 2.09. The van der Waals surface area contributed by atoms with Crippen molar-refractivity contribution in [3.63, 3.8) is 0 Å². The van der Waals surface area contributed by atoms with Crippen molar-refractivity contribution in [2.45, 2.75) is 12.8 Å². The molecule has 0 aliphatic heterocycles. The first kappa shape index (κ1) is 14.5. The number of nitrogens with one attached hydrogen (secondary N) is 2. The van der Waals surface area contributed by atoms with E-state index in [1.165, 1.54) is 12.1 Å². The van der Waals surface area contributed by atoms with Gasteiger partial charge in [-0.15, -0.1) is 0 Å². The molecule has 0 spiro atoms. The highest BCUT2D eigenvalue weighted by molar-refractivity contribution is 5.94. The second-order valence-electron chi connectivity index (χ2n) is 4.05. The summed E-state index contributed by atoms with van der Waals surface area (Å²) in [6, 6.07) is 6.21. The largest absolute Gasteiger partial charge is 0.508 e. The quantitative estimate of drug-likeness (QED) is 0.505. The lowest BCUT2D eigenvalue weighted by atomic mass is 10.2. The van der Waals surface area contributed by atoms with E-state index in [2.05, 4.69) is 10.6 Å². The van der Waals surface area contributed by atoms with Gasteiger partial charge in [-0.2, -0.15) is 0 Å². The average molecular weight is 251 g/mol. The molecule has 18 heavy (non-hydrogen) atoms. The van der Waals surface area contributed by atoms with E-state index in [1.807, 2.05) is 0 Å². The Bertz CT molecular complexity index is 352. The molecule has 0 radical (unpaired) electrons. The summed E-state index contributed by atoms with van der Waals surface area (Å²) in [7, 11) is 0. The van der Waals surface area contributed by atoms with Crippen LogP contribution in [-0.2, 0) is 0 Å². The van der Waals surface area contributed by atoms with Crippen LogP contribution >= 0.6 is 0 Å². The molecule has 1 amide bonds. The molecule has 100 valence electrons. The van der Waals surface area contributed by atoms with E-state index in [4.69, 9.17) is 10.8 Å². The molecule has 1 rings (SSSR count). The van der Waals surface area contributed by atoms with Crippen LogP contribution in [0.15, 0.2) is 24.3 Å². The number of rotatable bonds is 8. The van der Waals surface area contributed by atoms with Crippen molar-refractivity contribution < 1.29 is 9.90 Å². The van der Waals surface area contributed by atoms with Crippen LogP contribution in [0.5, 0.6) is 5.75 Å². The van der Waals surface area contributed by atoms with Crippen LogP contribution < -0.4 is 16.4 Å². The van der Waals surface area contributed by atoms with Gasteiger partial charge in [-0.3, -0.25) is 4.79 Å². The third kappa shape index (κ3) is 5.65. The molecule has 0 saturated carbocycles. The number of hydrogen-bond acceptors (Lipinski definition) is 4. The minimum absolute atomic E-state index is 0.114. The van der Waals surface area contributed by atoms with Gasteiger partial charge >= 0.3 is 0 Å². The van der Waals surface area contributed by atoms with Crippen LogP contribution in [0.25, 0.3) is 0 Å². The molecule has 0 aliphatic carbocycles. The van der Waals surface area contributed by atoms with Crippen LogP contribution in [-0.4, -0.2) is 37.2 Å². The van der Waals surface area contributed by atoms with E-state index >= 15 is 0 Å². The van der Waals surface area contributed by atoms with Crippen molar-refractivity contribution in [2.75, 3.05) is 26.2 Å². The van der Waals surface area contributed by atoms with Gasteiger partial charge in [-0.25, -0.2) is 0 Å². The van der Waals surface area contributed by atoms with Gasteiger partial charge in [-0.1, -0.05) is 0 Å². The van der Waals surface area contributed by atoms with Crippen molar-refractivity contribution in [2.24, 2.45) is 5.73 Å².